The van der Waals surface area contributed by atoms with Crippen LogP contribution in [-0.4, -0.2) is 27.8 Å². The van der Waals surface area contributed by atoms with Crippen LogP contribution in [0.3, 0.4) is 0 Å². The highest BCUT2D eigenvalue weighted by molar-refractivity contribution is 5.97. The number of rotatable bonds is 8. The summed E-state index contributed by atoms with van der Waals surface area (Å²) in [5.74, 6) is 0.852. The third kappa shape index (κ3) is 5.87. The van der Waals surface area contributed by atoms with Crippen molar-refractivity contribution in [2.24, 2.45) is 0 Å². The van der Waals surface area contributed by atoms with E-state index in [4.69, 9.17) is 14.1 Å². The van der Waals surface area contributed by atoms with Crippen LogP contribution in [0.5, 0.6) is 0 Å². The van der Waals surface area contributed by atoms with E-state index in [2.05, 4.69) is 66.0 Å². The molecular weight excluding hydrogens is 474 g/mol. The van der Waals surface area contributed by atoms with E-state index in [0.717, 1.165) is 35.1 Å². The molecule has 6 heteroatoms. The van der Waals surface area contributed by atoms with Crippen LogP contribution in [0.25, 0.3) is 22.4 Å². The number of benzene rings is 3. The molecule has 0 unspecified atom stereocenters. The van der Waals surface area contributed by atoms with Gasteiger partial charge in [0.1, 0.15) is 11.9 Å². The van der Waals surface area contributed by atoms with Gasteiger partial charge in [-0.25, -0.2) is 9.78 Å². The Morgan fingerprint density at radius 3 is 2.29 bits per heavy atom. The summed E-state index contributed by atoms with van der Waals surface area (Å²) in [6.45, 7) is 7.01. The lowest BCUT2D eigenvalue weighted by Gasteiger charge is -2.19. The Bertz CT molecular complexity index is 1460. The molecule has 0 amide bonds. The van der Waals surface area contributed by atoms with Gasteiger partial charge in [-0.1, -0.05) is 66.7 Å². The summed E-state index contributed by atoms with van der Waals surface area (Å²) < 4.78 is 12.9. The molecule has 2 aromatic heterocycles. The molecule has 0 atom stereocenters. The van der Waals surface area contributed by atoms with Gasteiger partial charge in [-0.2, -0.15) is 0 Å². The number of aromatic nitrogens is 2. The average molecular weight is 508 g/mol. The smallest absolute Gasteiger partial charge is 0.418 e. The molecule has 0 saturated carbocycles. The van der Waals surface area contributed by atoms with Gasteiger partial charge in [0.2, 0.25) is 5.89 Å². The quantitative estimate of drug-likeness (QED) is 0.222. The second-order valence-corrected chi connectivity index (χ2v) is 10.4. The normalized spacial score (nSPS) is 11.8. The molecule has 38 heavy (non-hydrogen) atoms. The van der Waals surface area contributed by atoms with Crippen LogP contribution in [0.4, 0.5) is 4.79 Å². The first kappa shape index (κ1) is 25.5. The van der Waals surface area contributed by atoms with Crippen molar-refractivity contribution >= 4 is 17.0 Å². The number of hydrogen-bond donors (Lipinski definition) is 1. The van der Waals surface area contributed by atoms with Crippen LogP contribution >= 0.6 is 0 Å². The molecule has 5 rings (SSSR count). The third-order valence-electron chi connectivity index (χ3n) is 6.43. The summed E-state index contributed by atoms with van der Waals surface area (Å²) in [7, 11) is 0. The lowest BCUT2D eigenvalue weighted by Crippen LogP contribution is -2.26. The van der Waals surface area contributed by atoms with Gasteiger partial charge in [-0.15, -0.1) is 0 Å². The molecule has 0 fully saturated rings. The largest absolute Gasteiger partial charge is 0.444 e. The van der Waals surface area contributed by atoms with Crippen molar-refractivity contribution in [2.45, 2.75) is 45.3 Å². The fourth-order valence-corrected chi connectivity index (χ4v) is 4.70. The van der Waals surface area contributed by atoms with Crippen molar-refractivity contribution in [1.82, 2.24) is 14.9 Å². The molecule has 6 nitrogen and oxygen atoms in total. The summed E-state index contributed by atoms with van der Waals surface area (Å²) in [5.41, 5.74) is 4.48. The Balaban J connectivity index is 1.25. The van der Waals surface area contributed by atoms with Crippen LogP contribution in [0.2, 0.25) is 0 Å². The zero-order valence-corrected chi connectivity index (χ0v) is 22.1. The van der Waals surface area contributed by atoms with E-state index in [9.17, 15) is 4.79 Å². The second kappa shape index (κ2) is 11.1. The van der Waals surface area contributed by atoms with Crippen LogP contribution in [-0.2, 0) is 11.3 Å². The highest BCUT2D eigenvalue weighted by atomic mass is 16.6. The minimum atomic E-state index is -0.571. The van der Waals surface area contributed by atoms with Crippen molar-refractivity contribution in [3.63, 3.8) is 0 Å². The first-order valence-corrected chi connectivity index (χ1v) is 13.0. The molecular formula is C32H33N3O3. The lowest BCUT2D eigenvalue weighted by atomic mass is 9.88. The van der Waals surface area contributed by atoms with Crippen LogP contribution in [0.15, 0.2) is 102 Å². The zero-order valence-electron chi connectivity index (χ0n) is 22.1. The maximum Gasteiger partial charge on any atom is 0.418 e. The van der Waals surface area contributed by atoms with E-state index in [0.29, 0.717) is 18.4 Å². The number of nitrogens with zero attached hydrogens (tertiary/aromatic N) is 2. The van der Waals surface area contributed by atoms with E-state index >= 15 is 0 Å². The number of carbonyl (C=O) groups is 1. The van der Waals surface area contributed by atoms with E-state index < -0.39 is 11.7 Å². The van der Waals surface area contributed by atoms with Gasteiger partial charge >= 0.3 is 6.09 Å². The van der Waals surface area contributed by atoms with Gasteiger partial charge < -0.3 is 14.5 Å². The average Bonchev–Trinajstić information content (AvgIpc) is 3.56. The molecule has 0 radical (unpaired) electrons. The first-order chi connectivity index (χ1) is 18.4. The molecule has 0 aliphatic rings. The van der Waals surface area contributed by atoms with Gasteiger partial charge in [0, 0.05) is 29.6 Å². The molecule has 1 N–H and O–H groups in total. The molecule has 3 aromatic carbocycles. The molecule has 0 aliphatic heterocycles. The maximum atomic E-state index is 12.7. The highest BCUT2D eigenvalue weighted by Gasteiger charge is 2.21. The predicted octanol–water partition coefficient (Wildman–Crippen LogP) is 7.39. The van der Waals surface area contributed by atoms with Crippen molar-refractivity contribution in [3.8, 4) is 11.5 Å². The number of hydrogen-bond acceptors (Lipinski definition) is 5. The summed E-state index contributed by atoms with van der Waals surface area (Å²) in [5, 5.41) is 4.41. The van der Waals surface area contributed by atoms with Gasteiger partial charge in [0.25, 0.3) is 0 Å². The van der Waals surface area contributed by atoms with Crippen LogP contribution < -0.4 is 5.32 Å². The van der Waals surface area contributed by atoms with E-state index in [1.54, 1.807) is 12.5 Å². The number of carbonyl (C=O) groups excluding carboxylic acids is 1. The highest BCUT2D eigenvalue weighted by Crippen LogP contribution is 2.30. The van der Waals surface area contributed by atoms with Crippen LogP contribution in [0.1, 0.15) is 49.9 Å². The van der Waals surface area contributed by atoms with Crippen molar-refractivity contribution in [1.29, 1.82) is 0 Å². The van der Waals surface area contributed by atoms with E-state index in [1.165, 1.54) is 15.7 Å². The SMILES string of the molecule is CC(C)(C)OC(=O)n1ccc2c(-c3nc(CNCCC(c4ccccc4)c4ccccc4)co3)cccc21. The first-order valence-electron chi connectivity index (χ1n) is 13.0. The maximum absolute atomic E-state index is 12.7. The minimum absolute atomic E-state index is 0.324. The fraction of sp³-hybridized carbons (Fsp3) is 0.250. The minimum Gasteiger partial charge on any atom is -0.444 e. The second-order valence-electron chi connectivity index (χ2n) is 10.4. The molecule has 0 spiro atoms. The number of oxazole rings is 1. The molecule has 2 heterocycles. The van der Waals surface area contributed by atoms with Crippen molar-refractivity contribution in [2.75, 3.05) is 6.54 Å². The summed E-state index contributed by atoms with van der Waals surface area (Å²) in [6.07, 6.45) is 3.98. The number of ether oxygens (including phenoxy) is 1. The topological polar surface area (TPSA) is 69.3 Å². The summed E-state index contributed by atoms with van der Waals surface area (Å²) in [4.78, 5) is 17.4. The van der Waals surface area contributed by atoms with E-state index in [1.807, 2.05) is 45.0 Å². The van der Waals surface area contributed by atoms with Gasteiger partial charge in [0.15, 0.2) is 0 Å². The third-order valence-corrected chi connectivity index (χ3v) is 6.43. The van der Waals surface area contributed by atoms with E-state index in [-0.39, 0.29) is 0 Å². The fourth-order valence-electron chi connectivity index (χ4n) is 4.70. The van der Waals surface area contributed by atoms with Gasteiger partial charge in [-0.05, 0) is 63.1 Å². The van der Waals surface area contributed by atoms with Crippen molar-refractivity contribution < 1.29 is 13.9 Å². The summed E-state index contributed by atoms with van der Waals surface area (Å²) in [6, 6.07) is 28.9. The molecule has 0 saturated heterocycles. The Morgan fingerprint density at radius 2 is 1.63 bits per heavy atom. The number of nitrogens with one attached hydrogen (secondary N) is 1. The Kier molecular flexibility index (Phi) is 7.43. The Morgan fingerprint density at radius 1 is 0.947 bits per heavy atom. The van der Waals surface area contributed by atoms with Crippen molar-refractivity contribution in [3.05, 3.63) is 114 Å². The Labute approximate surface area is 223 Å². The summed E-state index contributed by atoms with van der Waals surface area (Å²) >= 11 is 0. The Hall–Kier alpha value is -4.16. The number of fused-ring (bicyclic) bond motifs is 1. The monoisotopic (exact) mass is 507 g/mol. The molecule has 0 bridgehead atoms. The lowest BCUT2D eigenvalue weighted by molar-refractivity contribution is 0.0544. The zero-order chi connectivity index (χ0) is 26.5. The molecule has 0 aliphatic carbocycles. The standard InChI is InChI=1S/C32H33N3O3/c1-32(2,3)38-31(36)35-20-18-27-28(15-10-16-29(27)35)30-34-25(22-37-30)21-33-19-17-26(23-11-6-4-7-12-23)24-13-8-5-9-14-24/h4-16,18,20,22,26,33H,17,19,21H2,1-3H3. The van der Waals surface area contributed by atoms with Gasteiger partial charge in [0.05, 0.1) is 11.2 Å². The molecule has 5 aromatic rings. The van der Waals surface area contributed by atoms with Crippen LogP contribution in [0, 0.1) is 0 Å². The van der Waals surface area contributed by atoms with Gasteiger partial charge in [-0.3, -0.25) is 4.57 Å². The molecule has 194 valence electrons. The predicted molar refractivity (Wildman–Crippen MR) is 150 cm³/mol.